The summed E-state index contributed by atoms with van der Waals surface area (Å²) in [4.78, 5) is 51.6. The fourth-order valence-electron chi connectivity index (χ4n) is 1.53. The van der Waals surface area contributed by atoms with Crippen LogP contribution in [-0.4, -0.2) is 101 Å². The molecule has 0 fully saturated rings. The molecule has 14 heteroatoms. The SMILES string of the molecule is O=C(O)CC(O)(CC(=O)OOC(=O)C(O)C(O)C(O)C(O)CO)C(=O)O. The number of aliphatic hydroxyl groups is 6. The van der Waals surface area contributed by atoms with Crippen molar-refractivity contribution >= 4 is 23.9 Å². The maximum atomic E-state index is 11.3. The number of hydrogen-bond acceptors (Lipinski definition) is 12. The van der Waals surface area contributed by atoms with Crippen LogP contribution in [-0.2, 0) is 29.0 Å². The van der Waals surface area contributed by atoms with E-state index >= 15 is 0 Å². The lowest BCUT2D eigenvalue weighted by atomic mass is 9.96. The first kappa shape index (κ1) is 23.6. The van der Waals surface area contributed by atoms with Crippen molar-refractivity contribution in [1.29, 1.82) is 0 Å². The largest absolute Gasteiger partial charge is 0.481 e. The molecule has 14 nitrogen and oxygen atoms in total. The van der Waals surface area contributed by atoms with E-state index in [0.29, 0.717) is 0 Å². The maximum absolute atomic E-state index is 11.3. The maximum Gasteiger partial charge on any atom is 0.386 e. The molecule has 5 atom stereocenters. The molecule has 0 aromatic rings. The zero-order chi connectivity index (χ0) is 20.7. The van der Waals surface area contributed by atoms with Gasteiger partial charge in [-0.3, -0.25) is 4.79 Å². The van der Waals surface area contributed by atoms with E-state index in [1.165, 1.54) is 0 Å². The number of rotatable bonds is 10. The zero-order valence-corrected chi connectivity index (χ0v) is 13.0. The lowest BCUT2D eigenvalue weighted by Gasteiger charge is -2.24. The van der Waals surface area contributed by atoms with E-state index in [-0.39, 0.29) is 0 Å². The molecule has 0 radical (unpaired) electrons. The van der Waals surface area contributed by atoms with E-state index in [1.54, 1.807) is 0 Å². The average Bonchev–Trinajstić information content (AvgIpc) is 2.55. The predicted octanol–water partition coefficient (Wildman–Crippen LogP) is -4.90. The Hall–Kier alpha value is -2.36. The molecule has 0 aromatic heterocycles. The molecule has 26 heavy (non-hydrogen) atoms. The van der Waals surface area contributed by atoms with Crippen molar-refractivity contribution in [2.45, 2.75) is 42.9 Å². The standard InChI is InChI=1S/C12H18O14/c13-3-4(14)7(18)8(19)9(20)10(21)26-25-6(17)2-12(24,11(22)23)1-5(15)16/h4,7-9,13-14,18-20,24H,1-3H2,(H,15,16)(H,22,23). The number of carboxylic acids is 2. The van der Waals surface area contributed by atoms with E-state index in [1.807, 2.05) is 0 Å². The Labute approximate surface area is 144 Å². The normalized spacial score (nSPS) is 17.9. The van der Waals surface area contributed by atoms with Gasteiger partial charge in [-0.2, -0.15) is 0 Å². The summed E-state index contributed by atoms with van der Waals surface area (Å²) in [6.07, 6.45) is -11.8. The molecule has 0 spiro atoms. The highest BCUT2D eigenvalue weighted by atomic mass is 17.2. The summed E-state index contributed by atoms with van der Waals surface area (Å²) in [7, 11) is 0. The van der Waals surface area contributed by atoms with Crippen LogP contribution in [0.3, 0.4) is 0 Å². The molecule has 0 aliphatic carbocycles. The third-order valence-corrected chi connectivity index (χ3v) is 2.99. The summed E-state index contributed by atoms with van der Waals surface area (Å²) in [5.41, 5.74) is -3.06. The molecular weight excluding hydrogens is 368 g/mol. The van der Waals surface area contributed by atoms with Crippen molar-refractivity contribution in [1.82, 2.24) is 0 Å². The molecule has 5 unspecified atom stereocenters. The number of carboxylic acid groups (broad SMARTS) is 2. The number of aliphatic hydroxyl groups excluding tert-OH is 5. The average molecular weight is 386 g/mol. The smallest absolute Gasteiger partial charge is 0.386 e. The molecule has 0 aromatic carbocycles. The van der Waals surface area contributed by atoms with E-state index in [9.17, 15) is 39.6 Å². The van der Waals surface area contributed by atoms with Crippen LogP contribution in [0.4, 0.5) is 0 Å². The lowest BCUT2D eigenvalue weighted by Crippen LogP contribution is -2.49. The van der Waals surface area contributed by atoms with Gasteiger partial charge in [-0.25, -0.2) is 24.2 Å². The molecule has 0 rings (SSSR count). The Balaban J connectivity index is 4.72. The van der Waals surface area contributed by atoms with Crippen LogP contribution < -0.4 is 0 Å². The Kier molecular flexibility index (Phi) is 9.05. The molecular formula is C12H18O14. The third-order valence-electron chi connectivity index (χ3n) is 2.99. The molecule has 8 N–H and O–H groups in total. The van der Waals surface area contributed by atoms with Crippen LogP contribution >= 0.6 is 0 Å². The van der Waals surface area contributed by atoms with Gasteiger partial charge < -0.3 is 40.9 Å². The fraction of sp³-hybridized carbons (Fsp3) is 0.667. The van der Waals surface area contributed by atoms with E-state index < -0.39 is 73.3 Å². The monoisotopic (exact) mass is 386 g/mol. The minimum Gasteiger partial charge on any atom is -0.481 e. The topological polar surface area (TPSA) is 249 Å². The minimum atomic E-state index is -3.06. The van der Waals surface area contributed by atoms with Crippen molar-refractivity contribution in [3.8, 4) is 0 Å². The van der Waals surface area contributed by atoms with Crippen molar-refractivity contribution < 1.29 is 69.8 Å². The van der Waals surface area contributed by atoms with Crippen molar-refractivity contribution in [2.24, 2.45) is 0 Å². The summed E-state index contributed by atoms with van der Waals surface area (Å²) in [6.45, 7) is -1.02. The first-order chi connectivity index (χ1) is 11.9. The zero-order valence-electron chi connectivity index (χ0n) is 13.0. The minimum absolute atomic E-state index is 1.02. The Morgan fingerprint density at radius 2 is 1.42 bits per heavy atom. The van der Waals surface area contributed by atoms with Crippen molar-refractivity contribution in [2.75, 3.05) is 6.61 Å². The number of carbonyl (C=O) groups is 4. The highest BCUT2D eigenvalue weighted by Gasteiger charge is 2.42. The Morgan fingerprint density at radius 3 is 1.85 bits per heavy atom. The van der Waals surface area contributed by atoms with Gasteiger partial charge in [0.2, 0.25) is 0 Å². The summed E-state index contributed by atoms with van der Waals surface area (Å²) >= 11 is 0. The fourth-order valence-corrected chi connectivity index (χ4v) is 1.53. The van der Waals surface area contributed by atoms with Gasteiger partial charge in [-0.15, -0.1) is 0 Å². The Bertz CT molecular complexity index is 532. The summed E-state index contributed by atoms with van der Waals surface area (Å²) < 4.78 is 0. The second-order valence-electron chi connectivity index (χ2n) is 5.12. The summed E-state index contributed by atoms with van der Waals surface area (Å²) in [6, 6.07) is 0. The molecule has 0 aliphatic heterocycles. The van der Waals surface area contributed by atoms with Crippen LogP contribution in [0, 0.1) is 0 Å². The van der Waals surface area contributed by atoms with E-state index in [2.05, 4.69) is 9.78 Å². The molecule has 150 valence electrons. The summed E-state index contributed by atoms with van der Waals surface area (Å²) in [5, 5.41) is 72.4. The molecule has 0 saturated heterocycles. The first-order valence-electron chi connectivity index (χ1n) is 6.77. The van der Waals surface area contributed by atoms with Crippen molar-refractivity contribution in [3.63, 3.8) is 0 Å². The van der Waals surface area contributed by atoms with Crippen LogP contribution in [0.15, 0.2) is 0 Å². The molecule has 0 aliphatic rings. The molecule has 0 saturated carbocycles. The third kappa shape index (κ3) is 6.87. The van der Waals surface area contributed by atoms with E-state index in [4.69, 9.17) is 20.4 Å². The second-order valence-corrected chi connectivity index (χ2v) is 5.12. The van der Waals surface area contributed by atoms with Gasteiger partial charge in [0.05, 0.1) is 19.4 Å². The van der Waals surface area contributed by atoms with Crippen LogP contribution in [0.2, 0.25) is 0 Å². The highest BCUT2D eigenvalue weighted by molar-refractivity contribution is 5.88. The van der Waals surface area contributed by atoms with Gasteiger partial charge in [0.25, 0.3) is 0 Å². The number of carbonyl (C=O) groups excluding carboxylic acids is 2. The molecule has 0 heterocycles. The van der Waals surface area contributed by atoms with Gasteiger partial charge >= 0.3 is 23.9 Å². The van der Waals surface area contributed by atoms with E-state index in [0.717, 1.165) is 0 Å². The number of hydrogen-bond donors (Lipinski definition) is 8. The predicted molar refractivity (Wildman–Crippen MR) is 72.8 cm³/mol. The molecule has 0 bridgehead atoms. The van der Waals surface area contributed by atoms with Crippen molar-refractivity contribution in [3.05, 3.63) is 0 Å². The van der Waals surface area contributed by atoms with Gasteiger partial charge in [0.1, 0.15) is 18.3 Å². The second kappa shape index (κ2) is 9.95. The van der Waals surface area contributed by atoms with Gasteiger partial charge in [0.15, 0.2) is 11.7 Å². The lowest BCUT2D eigenvalue weighted by molar-refractivity contribution is -0.270. The Morgan fingerprint density at radius 1 is 0.885 bits per heavy atom. The van der Waals surface area contributed by atoms with Crippen LogP contribution in [0.25, 0.3) is 0 Å². The summed E-state index contributed by atoms with van der Waals surface area (Å²) in [5.74, 6) is -7.39. The quantitative estimate of drug-likeness (QED) is 0.129. The van der Waals surface area contributed by atoms with Crippen LogP contribution in [0.1, 0.15) is 12.8 Å². The number of aliphatic carboxylic acids is 2. The van der Waals surface area contributed by atoms with Crippen LogP contribution in [0.5, 0.6) is 0 Å². The first-order valence-corrected chi connectivity index (χ1v) is 6.77. The van der Waals surface area contributed by atoms with Gasteiger partial charge in [-0.05, 0) is 0 Å². The van der Waals surface area contributed by atoms with Gasteiger partial charge in [-0.1, -0.05) is 0 Å². The molecule has 0 amide bonds. The highest BCUT2D eigenvalue weighted by Crippen LogP contribution is 2.17. The van der Waals surface area contributed by atoms with Gasteiger partial charge in [0, 0.05) is 0 Å².